The average Bonchev–Trinajstić information content (AvgIpc) is 3.34. The van der Waals surface area contributed by atoms with E-state index in [1.807, 2.05) is 0 Å². The number of epoxide rings is 1. The molecule has 0 aromatic carbocycles. The van der Waals surface area contributed by atoms with Crippen LogP contribution in [0.2, 0.25) is 0 Å². The van der Waals surface area contributed by atoms with Crippen molar-refractivity contribution in [2.45, 2.75) is 71.4 Å². The van der Waals surface area contributed by atoms with Gasteiger partial charge in [-0.3, -0.25) is 24.0 Å². The topological polar surface area (TPSA) is 152 Å². The van der Waals surface area contributed by atoms with E-state index in [0.717, 1.165) is 6.08 Å². The molecule has 0 radical (unpaired) electrons. The molecule has 0 spiro atoms. The highest BCUT2D eigenvalue weighted by molar-refractivity contribution is 6.05. The molecule has 2 aliphatic heterocycles. The molecular formula is C24H30O11. The number of Topliss-reactive ketones (excluding diaryl/α,β-unsaturated/α-hetero) is 2. The van der Waals surface area contributed by atoms with Crippen LogP contribution >= 0.6 is 0 Å². The summed E-state index contributed by atoms with van der Waals surface area (Å²) in [4.78, 5) is 73.4. The van der Waals surface area contributed by atoms with Crippen molar-refractivity contribution in [2.75, 3.05) is 13.2 Å². The molecule has 0 amide bonds. The maximum Gasteiger partial charge on any atom is 0.331 e. The Morgan fingerprint density at radius 3 is 2.37 bits per heavy atom. The molecule has 11 nitrogen and oxygen atoms in total. The lowest BCUT2D eigenvalue weighted by Crippen LogP contribution is -2.45. The number of ketones is 2. The Balaban J connectivity index is 1.93. The van der Waals surface area contributed by atoms with E-state index in [9.17, 15) is 28.8 Å². The van der Waals surface area contributed by atoms with E-state index in [2.05, 4.69) is 0 Å². The summed E-state index contributed by atoms with van der Waals surface area (Å²) in [5, 5.41) is 0. The van der Waals surface area contributed by atoms with Crippen LogP contribution in [0.3, 0.4) is 0 Å². The summed E-state index contributed by atoms with van der Waals surface area (Å²) in [5.41, 5.74) is -0.883. The highest BCUT2D eigenvalue weighted by Crippen LogP contribution is 2.49. The summed E-state index contributed by atoms with van der Waals surface area (Å²) in [6.07, 6.45) is -1.93. The molecule has 0 bridgehead atoms. The smallest absolute Gasteiger partial charge is 0.331 e. The molecular weight excluding hydrogens is 464 g/mol. The zero-order valence-electron chi connectivity index (χ0n) is 20.4. The van der Waals surface area contributed by atoms with Crippen LogP contribution in [0.4, 0.5) is 0 Å². The lowest BCUT2D eigenvalue weighted by molar-refractivity contribution is -0.153. The molecule has 0 N–H and O–H groups in total. The molecule has 35 heavy (non-hydrogen) atoms. The molecule has 3 rings (SSSR count). The molecule has 192 valence electrons. The fourth-order valence-corrected chi connectivity index (χ4v) is 4.55. The molecule has 2 unspecified atom stereocenters. The predicted molar refractivity (Wildman–Crippen MR) is 115 cm³/mol. The molecule has 11 heteroatoms. The maximum absolute atomic E-state index is 12.8. The van der Waals surface area contributed by atoms with Crippen LogP contribution in [0.5, 0.6) is 0 Å². The van der Waals surface area contributed by atoms with Crippen LogP contribution in [0, 0.1) is 17.8 Å². The first-order chi connectivity index (χ1) is 16.3. The van der Waals surface area contributed by atoms with Gasteiger partial charge in [0, 0.05) is 25.8 Å². The van der Waals surface area contributed by atoms with E-state index in [4.69, 9.17) is 23.7 Å². The molecule has 0 aromatic heterocycles. The Labute approximate surface area is 202 Å². The first-order valence-corrected chi connectivity index (χ1v) is 11.4. The van der Waals surface area contributed by atoms with Crippen molar-refractivity contribution in [3.05, 3.63) is 11.6 Å². The molecule has 3 fully saturated rings. The van der Waals surface area contributed by atoms with Gasteiger partial charge in [0.05, 0.1) is 12.3 Å². The molecule has 1 saturated carbocycles. The maximum atomic E-state index is 12.8. The first kappa shape index (κ1) is 26.5. The van der Waals surface area contributed by atoms with Gasteiger partial charge in [0.1, 0.15) is 43.2 Å². The van der Waals surface area contributed by atoms with Crippen LogP contribution < -0.4 is 0 Å². The monoisotopic (exact) mass is 494 g/mol. The Hall–Kier alpha value is -3.08. The van der Waals surface area contributed by atoms with Gasteiger partial charge in [0.2, 0.25) is 0 Å². The Morgan fingerprint density at radius 2 is 1.74 bits per heavy atom. The molecule has 1 aliphatic carbocycles. The SMILES string of the molecule is CC(=O)OC/C(C)=C\C(=O)OC1C[C@H](C)C(=O)CC(=O)[C@@]2(C)O[C@@H]2[C@H]2OC(=O)C(COC(C)=O)[C@H]12. The van der Waals surface area contributed by atoms with Gasteiger partial charge in [-0.05, 0) is 25.8 Å². The second-order valence-electron chi connectivity index (χ2n) is 9.48. The van der Waals surface area contributed by atoms with Crippen molar-refractivity contribution >= 4 is 35.4 Å². The largest absolute Gasteiger partial charge is 0.465 e. The van der Waals surface area contributed by atoms with E-state index in [1.165, 1.54) is 20.8 Å². The van der Waals surface area contributed by atoms with Crippen molar-refractivity contribution in [2.24, 2.45) is 17.8 Å². The van der Waals surface area contributed by atoms with E-state index in [0.29, 0.717) is 5.57 Å². The highest BCUT2D eigenvalue weighted by Gasteiger charge is 2.68. The van der Waals surface area contributed by atoms with Crippen molar-refractivity contribution in [3.8, 4) is 0 Å². The Bertz CT molecular complexity index is 967. The van der Waals surface area contributed by atoms with E-state index < -0.39 is 71.3 Å². The summed E-state index contributed by atoms with van der Waals surface area (Å²) >= 11 is 0. The molecule has 2 saturated heterocycles. The minimum absolute atomic E-state index is 0.0203. The minimum atomic E-state index is -1.30. The molecule has 3 aliphatic rings. The third-order valence-electron chi connectivity index (χ3n) is 6.61. The van der Waals surface area contributed by atoms with Gasteiger partial charge in [-0.25, -0.2) is 4.79 Å². The highest BCUT2D eigenvalue weighted by atomic mass is 16.7. The lowest BCUT2D eigenvalue weighted by atomic mass is 9.76. The van der Waals surface area contributed by atoms with Gasteiger partial charge >= 0.3 is 23.9 Å². The normalized spacial score (nSPS) is 34.8. The van der Waals surface area contributed by atoms with Gasteiger partial charge < -0.3 is 23.7 Å². The van der Waals surface area contributed by atoms with Crippen LogP contribution in [-0.4, -0.2) is 72.6 Å². The van der Waals surface area contributed by atoms with E-state index in [1.54, 1.807) is 13.8 Å². The number of esters is 4. The number of carbonyl (C=O) groups excluding carboxylic acids is 6. The summed E-state index contributed by atoms with van der Waals surface area (Å²) < 4.78 is 26.9. The number of rotatable bonds is 6. The lowest BCUT2D eigenvalue weighted by Gasteiger charge is -2.31. The van der Waals surface area contributed by atoms with Gasteiger partial charge in [-0.2, -0.15) is 0 Å². The minimum Gasteiger partial charge on any atom is -0.465 e. The molecule has 7 atom stereocenters. The number of fused-ring (bicyclic) bond motifs is 3. The van der Waals surface area contributed by atoms with E-state index in [-0.39, 0.29) is 31.8 Å². The van der Waals surface area contributed by atoms with Crippen molar-refractivity contribution < 1.29 is 52.5 Å². The van der Waals surface area contributed by atoms with E-state index >= 15 is 0 Å². The number of hydrogen-bond acceptors (Lipinski definition) is 11. The molecule has 2 heterocycles. The summed E-state index contributed by atoms with van der Waals surface area (Å²) in [5.74, 6) is -5.80. The van der Waals surface area contributed by atoms with Gasteiger partial charge in [-0.1, -0.05) is 6.92 Å². The average molecular weight is 494 g/mol. The molecule has 0 aromatic rings. The van der Waals surface area contributed by atoms with Crippen LogP contribution in [-0.2, 0) is 52.5 Å². The third-order valence-corrected chi connectivity index (χ3v) is 6.61. The fourth-order valence-electron chi connectivity index (χ4n) is 4.55. The third kappa shape index (κ3) is 5.95. The fraction of sp³-hybridized carbons (Fsp3) is 0.667. The van der Waals surface area contributed by atoms with Crippen molar-refractivity contribution in [1.29, 1.82) is 0 Å². The van der Waals surface area contributed by atoms with Crippen LogP contribution in [0.25, 0.3) is 0 Å². The Kier molecular flexibility index (Phi) is 7.78. The van der Waals surface area contributed by atoms with Gasteiger partial charge in [0.25, 0.3) is 0 Å². The number of hydrogen-bond donors (Lipinski definition) is 0. The summed E-state index contributed by atoms with van der Waals surface area (Å²) in [6, 6.07) is 0. The van der Waals surface area contributed by atoms with Crippen LogP contribution in [0.15, 0.2) is 11.6 Å². The first-order valence-electron chi connectivity index (χ1n) is 11.4. The summed E-state index contributed by atoms with van der Waals surface area (Å²) in [7, 11) is 0. The van der Waals surface area contributed by atoms with Crippen LogP contribution in [0.1, 0.15) is 47.5 Å². The zero-order chi connectivity index (χ0) is 26.1. The van der Waals surface area contributed by atoms with Gasteiger partial charge in [-0.15, -0.1) is 0 Å². The standard InChI is InChI=1S/C24H30O11/c1-11(9-31-13(3)25)6-19(29)33-17-7-12(2)16(27)8-18(28)24(5)22(35-24)21-20(17)15(23(30)34-21)10-32-14(4)26/h6,12,15,17,20-22H,7-10H2,1-5H3/b11-6-/t12-,15?,17?,20+,21-,22+,24+/m0/s1. The number of carbonyl (C=O) groups is 6. The van der Waals surface area contributed by atoms with Gasteiger partial charge in [0.15, 0.2) is 11.4 Å². The van der Waals surface area contributed by atoms with Crippen molar-refractivity contribution in [3.63, 3.8) is 0 Å². The van der Waals surface area contributed by atoms with Crippen molar-refractivity contribution in [1.82, 2.24) is 0 Å². The Morgan fingerprint density at radius 1 is 1.09 bits per heavy atom. The number of ether oxygens (including phenoxy) is 5. The predicted octanol–water partition coefficient (Wildman–Crippen LogP) is 0.854. The summed E-state index contributed by atoms with van der Waals surface area (Å²) in [6.45, 7) is 6.73. The quantitative estimate of drug-likeness (QED) is 0.170. The second kappa shape index (κ2) is 10.3. The second-order valence-corrected chi connectivity index (χ2v) is 9.48. The zero-order valence-corrected chi connectivity index (χ0v) is 20.4.